The third kappa shape index (κ3) is 2.95. The maximum absolute atomic E-state index is 8.98. The van der Waals surface area contributed by atoms with Crippen molar-refractivity contribution in [3.05, 3.63) is 16.5 Å². The van der Waals surface area contributed by atoms with Crippen molar-refractivity contribution in [2.45, 2.75) is 25.4 Å². The van der Waals surface area contributed by atoms with Crippen LogP contribution in [-0.2, 0) is 13.0 Å². The van der Waals surface area contributed by atoms with Crippen molar-refractivity contribution in [3.8, 4) is 6.07 Å². The van der Waals surface area contributed by atoms with Crippen LogP contribution in [0.2, 0.25) is 5.28 Å². The highest BCUT2D eigenvalue weighted by Gasteiger charge is 2.28. The van der Waals surface area contributed by atoms with Crippen LogP contribution in [0.4, 0.5) is 5.82 Å². The highest BCUT2D eigenvalue weighted by atomic mass is 35.5. The number of nitrogens with zero attached hydrogens (tertiary/aromatic N) is 5. The zero-order valence-electron chi connectivity index (χ0n) is 12.1. The van der Waals surface area contributed by atoms with Crippen molar-refractivity contribution < 1.29 is 0 Å². The number of likely N-dealkylation sites (N-methyl/N-ethyl adjacent to an activating group) is 1. The van der Waals surface area contributed by atoms with Crippen molar-refractivity contribution in [1.82, 2.24) is 20.2 Å². The first kappa shape index (κ1) is 14.5. The number of piperazine rings is 1. The molecule has 7 heteroatoms. The zero-order chi connectivity index (χ0) is 14.8. The lowest BCUT2D eigenvalue weighted by Gasteiger charge is -2.40. The second-order valence-electron chi connectivity index (χ2n) is 5.61. The average Bonchev–Trinajstić information content (AvgIpc) is 2.49. The van der Waals surface area contributed by atoms with Crippen molar-refractivity contribution >= 4 is 17.4 Å². The Bertz CT molecular complexity index is 569. The van der Waals surface area contributed by atoms with Crippen LogP contribution < -0.4 is 10.2 Å². The zero-order valence-corrected chi connectivity index (χ0v) is 12.9. The smallest absolute Gasteiger partial charge is 0.224 e. The molecular formula is C14H19ClN6. The van der Waals surface area contributed by atoms with Gasteiger partial charge < -0.3 is 10.2 Å². The summed E-state index contributed by atoms with van der Waals surface area (Å²) in [5.74, 6) is 0.961. The monoisotopic (exact) mass is 306 g/mol. The third-order valence-corrected chi connectivity index (χ3v) is 4.46. The number of halogens is 1. The Kier molecular flexibility index (Phi) is 4.24. The maximum Gasteiger partial charge on any atom is 0.224 e. The normalized spacial score (nSPS) is 22.7. The van der Waals surface area contributed by atoms with Gasteiger partial charge in [0.2, 0.25) is 5.28 Å². The van der Waals surface area contributed by atoms with Gasteiger partial charge in [-0.25, -0.2) is 9.97 Å². The van der Waals surface area contributed by atoms with Gasteiger partial charge in [0.25, 0.3) is 0 Å². The molecule has 1 atom stereocenters. The van der Waals surface area contributed by atoms with Crippen LogP contribution in [0.15, 0.2) is 0 Å². The number of hydrogen-bond donors (Lipinski definition) is 1. The van der Waals surface area contributed by atoms with Crippen molar-refractivity contribution in [2.75, 3.05) is 38.1 Å². The van der Waals surface area contributed by atoms with E-state index >= 15 is 0 Å². The van der Waals surface area contributed by atoms with E-state index in [1.165, 1.54) is 5.56 Å². The topological polar surface area (TPSA) is 68.1 Å². The molecule has 1 saturated heterocycles. The molecule has 1 aromatic heterocycles. The predicted octanol–water partition coefficient (Wildman–Crippen LogP) is 0.810. The first-order chi connectivity index (χ1) is 10.2. The number of nitriles is 1. The summed E-state index contributed by atoms with van der Waals surface area (Å²) < 4.78 is 0. The van der Waals surface area contributed by atoms with Gasteiger partial charge in [-0.3, -0.25) is 4.90 Å². The fraction of sp³-hybridized carbons (Fsp3) is 0.643. The molecule has 0 amide bonds. The lowest BCUT2D eigenvalue weighted by molar-refractivity contribution is 0.220. The first-order valence-electron chi connectivity index (χ1n) is 7.27. The summed E-state index contributed by atoms with van der Waals surface area (Å²) in [7, 11) is 2.08. The maximum atomic E-state index is 8.98. The summed E-state index contributed by atoms with van der Waals surface area (Å²) in [6.45, 7) is 4.35. The Morgan fingerprint density at radius 2 is 2.29 bits per heavy atom. The van der Waals surface area contributed by atoms with E-state index in [0.717, 1.165) is 50.7 Å². The summed E-state index contributed by atoms with van der Waals surface area (Å²) in [5.41, 5.74) is 2.21. The molecule has 1 fully saturated rings. The number of rotatable bonds is 2. The van der Waals surface area contributed by atoms with Crippen LogP contribution in [-0.4, -0.2) is 54.1 Å². The Balaban J connectivity index is 1.90. The molecule has 2 aliphatic heterocycles. The highest BCUT2D eigenvalue weighted by Crippen LogP contribution is 2.27. The van der Waals surface area contributed by atoms with Crippen molar-refractivity contribution in [1.29, 1.82) is 5.26 Å². The number of aromatic nitrogens is 2. The second kappa shape index (κ2) is 6.14. The largest absolute Gasteiger partial charge is 0.353 e. The van der Waals surface area contributed by atoms with Gasteiger partial charge in [-0.2, -0.15) is 5.26 Å². The van der Waals surface area contributed by atoms with Crippen LogP contribution in [0.3, 0.4) is 0 Å². The molecule has 0 aromatic carbocycles. The van der Waals surface area contributed by atoms with Gasteiger partial charge in [-0.1, -0.05) is 0 Å². The quantitative estimate of drug-likeness (QED) is 0.816. The number of anilines is 1. The molecule has 0 aliphatic carbocycles. The molecule has 3 heterocycles. The number of fused-ring (bicyclic) bond motifs is 1. The average molecular weight is 307 g/mol. The van der Waals surface area contributed by atoms with Gasteiger partial charge in [-0.05, 0) is 31.6 Å². The molecule has 6 nitrogen and oxygen atoms in total. The van der Waals surface area contributed by atoms with Crippen LogP contribution in [0, 0.1) is 11.3 Å². The fourth-order valence-electron chi connectivity index (χ4n) is 3.04. The third-order valence-electron chi connectivity index (χ3n) is 4.29. The molecular weight excluding hydrogens is 288 g/mol. The van der Waals surface area contributed by atoms with Crippen molar-refractivity contribution in [2.24, 2.45) is 0 Å². The molecule has 0 spiro atoms. The van der Waals surface area contributed by atoms with Gasteiger partial charge in [0.1, 0.15) is 5.82 Å². The van der Waals surface area contributed by atoms with E-state index in [4.69, 9.17) is 16.9 Å². The summed E-state index contributed by atoms with van der Waals surface area (Å²) in [6.07, 6.45) is 1.46. The first-order valence-corrected chi connectivity index (χ1v) is 7.65. The van der Waals surface area contributed by atoms with Crippen LogP contribution >= 0.6 is 11.6 Å². The molecule has 0 unspecified atom stereocenters. The Morgan fingerprint density at radius 1 is 1.43 bits per heavy atom. The number of nitrogens with one attached hydrogen (secondary N) is 1. The van der Waals surface area contributed by atoms with Gasteiger partial charge in [-0.15, -0.1) is 0 Å². The van der Waals surface area contributed by atoms with Crippen LogP contribution in [0.5, 0.6) is 0 Å². The standard InChI is InChI=1S/C14H19ClN6/c1-20-6-7-21(9-10(20)2-4-16)13-11-3-5-17-8-12(11)18-14(15)19-13/h10,17H,2-3,5-9H2,1H3/t10-/m0/s1. The van der Waals surface area contributed by atoms with Gasteiger partial charge in [0.05, 0.1) is 18.2 Å². The number of hydrogen-bond acceptors (Lipinski definition) is 6. The Hall–Kier alpha value is -1.42. The second-order valence-corrected chi connectivity index (χ2v) is 5.95. The Labute approximate surface area is 129 Å². The van der Waals surface area contributed by atoms with Crippen LogP contribution in [0.25, 0.3) is 0 Å². The van der Waals surface area contributed by atoms with E-state index in [2.05, 4.69) is 38.2 Å². The lowest BCUT2D eigenvalue weighted by Crippen LogP contribution is -2.52. The highest BCUT2D eigenvalue weighted by molar-refractivity contribution is 6.28. The summed E-state index contributed by atoms with van der Waals surface area (Å²) in [4.78, 5) is 13.3. The van der Waals surface area contributed by atoms with E-state index < -0.39 is 0 Å². The van der Waals surface area contributed by atoms with E-state index in [0.29, 0.717) is 11.7 Å². The minimum Gasteiger partial charge on any atom is -0.353 e. The SMILES string of the molecule is CN1CCN(c2nc(Cl)nc3c2CCNC3)C[C@@H]1CC#N. The molecule has 3 rings (SSSR count). The molecule has 2 aliphatic rings. The van der Waals surface area contributed by atoms with E-state index in [-0.39, 0.29) is 6.04 Å². The summed E-state index contributed by atoms with van der Waals surface area (Å²) in [5, 5.41) is 12.6. The molecule has 1 N–H and O–H groups in total. The predicted molar refractivity (Wildman–Crippen MR) is 81.3 cm³/mol. The Morgan fingerprint density at radius 3 is 3.10 bits per heavy atom. The molecule has 0 saturated carbocycles. The molecule has 112 valence electrons. The lowest BCUT2D eigenvalue weighted by atomic mass is 10.0. The molecule has 21 heavy (non-hydrogen) atoms. The van der Waals surface area contributed by atoms with Gasteiger partial charge >= 0.3 is 0 Å². The minimum absolute atomic E-state index is 0.245. The minimum atomic E-state index is 0.245. The molecule has 0 radical (unpaired) electrons. The van der Waals surface area contributed by atoms with E-state index in [1.807, 2.05) is 0 Å². The van der Waals surface area contributed by atoms with Gasteiger partial charge in [0, 0.05) is 37.8 Å². The van der Waals surface area contributed by atoms with E-state index in [9.17, 15) is 0 Å². The van der Waals surface area contributed by atoms with Crippen molar-refractivity contribution in [3.63, 3.8) is 0 Å². The van der Waals surface area contributed by atoms with E-state index in [1.54, 1.807) is 0 Å². The molecule has 0 bridgehead atoms. The van der Waals surface area contributed by atoms with Crippen LogP contribution in [0.1, 0.15) is 17.7 Å². The summed E-state index contributed by atoms with van der Waals surface area (Å²) >= 11 is 6.09. The fourth-order valence-corrected chi connectivity index (χ4v) is 3.22. The molecule has 1 aromatic rings. The summed E-state index contributed by atoms with van der Waals surface area (Å²) in [6, 6.07) is 2.52. The van der Waals surface area contributed by atoms with Gasteiger partial charge in [0.15, 0.2) is 0 Å².